The van der Waals surface area contributed by atoms with Crippen LogP contribution in [0, 0.1) is 0 Å². The first kappa shape index (κ1) is 26.4. The van der Waals surface area contributed by atoms with Crippen molar-refractivity contribution in [2.75, 3.05) is 0 Å². The second-order valence-electron chi connectivity index (χ2n) is 3.04. The standard InChI is InChI=1S/3C3H6O3.Cr/c3*1-2(4)3(5)6;/h3*2,4H,1H3,(H,5,6);. The van der Waals surface area contributed by atoms with E-state index in [2.05, 4.69) is 0 Å². The van der Waals surface area contributed by atoms with E-state index in [4.69, 9.17) is 30.6 Å². The molecule has 0 fully saturated rings. The number of carboxylic acids is 3. The van der Waals surface area contributed by atoms with Crippen LogP contribution in [0.5, 0.6) is 0 Å². The number of hydrogen-bond donors (Lipinski definition) is 6. The molecular formula is C9H18CrO9. The Kier molecular flexibility index (Phi) is 20.7. The zero-order valence-corrected chi connectivity index (χ0v) is 11.8. The van der Waals surface area contributed by atoms with Gasteiger partial charge in [-0.2, -0.15) is 0 Å². The van der Waals surface area contributed by atoms with Crippen molar-refractivity contribution in [1.29, 1.82) is 0 Å². The van der Waals surface area contributed by atoms with Gasteiger partial charge in [-0.1, -0.05) is 0 Å². The van der Waals surface area contributed by atoms with Gasteiger partial charge < -0.3 is 30.6 Å². The van der Waals surface area contributed by atoms with Gasteiger partial charge in [-0.05, 0) is 20.8 Å². The van der Waals surface area contributed by atoms with E-state index in [9.17, 15) is 14.4 Å². The van der Waals surface area contributed by atoms with Crippen molar-refractivity contribution >= 4 is 17.9 Å². The maximum atomic E-state index is 9.45. The van der Waals surface area contributed by atoms with E-state index in [-0.39, 0.29) is 17.4 Å². The molecule has 6 N–H and O–H groups in total. The van der Waals surface area contributed by atoms with Crippen molar-refractivity contribution < 1.29 is 62.4 Å². The summed E-state index contributed by atoms with van der Waals surface area (Å²) >= 11 is 0. The molecule has 3 atom stereocenters. The molecule has 0 heterocycles. The number of aliphatic hydroxyl groups is 3. The third-order valence-electron chi connectivity index (χ3n) is 1.07. The molecule has 0 aliphatic carbocycles. The van der Waals surface area contributed by atoms with Gasteiger partial charge in [-0.25, -0.2) is 14.4 Å². The summed E-state index contributed by atoms with van der Waals surface area (Å²) in [7, 11) is 0. The fourth-order valence-corrected chi connectivity index (χ4v) is 0. The second-order valence-corrected chi connectivity index (χ2v) is 3.04. The Balaban J connectivity index is -0.0000000865. The molecule has 0 spiro atoms. The van der Waals surface area contributed by atoms with Gasteiger partial charge in [0.15, 0.2) is 0 Å². The summed E-state index contributed by atoms with van der Waals surface area (Å²) in [5, 5.41) is 47.3. The van der Waals surface area contributed by atoms with Gasteiger partial charge >= 0.3 is 17.9 Å². The summed E-state index contributed by atoms with van der Waals surface area (Å²) in [4.78, 5) is 28.3. The van der Waals surface area contributed by atoms with E-state index in [0.29, 0.717) is 0 Å². The van der Waals surface area contributed by atoms with Gasteiger partial charge in [-0.15, -0.1) is 0 Å². The summed E-state index contributed by atoms with van der Waals surface area (Å²) < 4.78 is 0. The van der Waals surface area contributed by atoms with E-state index >= 15 is 0 Å². The van der Waals surface area contributed by atoms with Gasteiger partial charge in [-0.3, -0.25) is 0 Å². The van der Waals surface area contributed by atoms with E-state index in [1.54, 1.807) is 0 Å². The molecular weight excluding hydrogens is 304 g/mol. The molecule has 0 rings (SSSR count). The first-order valence-corrected chi connectivity index (χ1v) is 4.66. The molecule has 0 saturated heterocycles. The molecule has 0 aliphatic rings. The minimum absolute atomic E-state index is 0. The Morgan fingerprint density at radius 3 is 0.684 bits per heavy atom. The van der Waals surface area contributed by atoms with Crippen LogP contribution in [0.15, 0.2) is 0 Å². The second kappa shape index (κ2) is 14.9. The summed E-state index contributed by atoms with van der Waals surface area (Å²) in [6.45, 7) is 3.59. The number of hydrogen-bond acceptors (Lipinski definition) is 6. The SMILES string of the molecule is CC(O)C(=O)O.CC(O)C(=O)O.CC(O)C(=O)O.[Cr]. The summed E-state index contributed by atoms with van der Waals surface area (Å²) in [5.41, 5.74) is 0. The predicted octanol–water partition coefficient (Wildman–Crippen LogP) is -1.65. The van der Waals surface area contributed by atoms with Crippen molar-refractivity contribution in [2.45, 2.75) is 39.1 Å². The van der Waals surface area contributed by atoms with E-state index < -0.39 is 36.2 Å². The molecule has 10 heteroatoms. The molecule has 0 bridgehead atoms. The maximum absolute atomic E-state index is 9.45. The molecule has 0 aliphatic heterocycles. The van der Waals surface area contributed by atoms with Gasteiger partial charge in [0.2, 0.25) is 0 Å². The molecule has 0 saturated carbocycles. The van der Waals surface area contributed by atoms with Crippen LogP contribution in [0.25, 0.3) is 0 Å². The number of carboxylic acid groups (broad SMARTS) is 3. The average molecular weight is 322 g/mol. The number of aliphatic carboxylic acids is 3. The molecule has 0 aromatic rings. The monoisotopic (exact) mass is 322 g/mol. The quantitative estimate of drug-likeness (QED) is 0.356. The minimum atomic E-state index is -1.23. The summed E-state index contributed by atoms with van der Waals surface area (Å²) in [6, 6.07) is 0. The Hall–Kier alpha value is -1.18. The summed E-state index contributed by atoms with van der Waals surface area (Å²) in [6.07, 6.45) is -3.69. The molecule has 114 valence electrons. The number of aliphatic hydroxyl groups excluding tert-OH is 3. The third kappa shape index (κ3) is 31.6. The van der Waals surface area contributed by atoms with Crippen molar-refractivity contribution in [3.63, 3.8) is 0 Å². The first-order chi connectivity index (χ1) is 7.93. The van der Waals surface area contributed by atoms with Crippen molar-refractivity contribution in [3.8, 4) is 0 Å². The fourth-order valence-electron chi connectivity index (χ4n) is 0. The number of rotatable bonds is 3. The third-order valence-corrected chi connectivity index (χ3v) is 1.07. The minimum Gasteiger partial charge on any atom is -0.479 e. The van der Waals surface area contributed by atoms with Crippen LogP contribution >= 0.6 is 0 Å². The fraction of sp³-hybridized carbons (Fsp3) is 0.667. The maximum Gasteiger partial charge on any atom is 0.332 e. The normalized spacial score (nSPS) is 12.9. The topological polar surface area (TPSA) is 173 Å². The predicted molar refractivity (Wildman–Crippen MR) is 57.9 cm³/mol. The largest absolute Gasteiger partial charge is 0.479 e. The Bertz CT molecular complexity index is 220. The first-order valence-electron chi connectivity index (χ1n) is 4.66. The van der Waals surface area contributed by atoms with Crippen molar-refractivity contribution in [1.82, 2.24) is 0 Å². The molecule has 3 unspecified atom stereocenters. The van der Waals surface area contributed by atoms with Crippen LogP contribution in [0.3, 0.4) is 0 Å². The Morgan fingerprint density at radius 2 is 0.684 bits per heavy atom. The Labute approximate surface area is 120 Å². The van der Waals surface area contributed by atoms with Crippen LogP contribution in [0.1, 0.15) is 20.8 Å². The molecule has 0 amide bonds. The molecule has 0 radical (unpaired) electrons. The van der Waals surface area contributed by atoms with Crippen LogP contribution in [-0.4, -0.2) is 66.9 Å². The average Bonchev–Trinajstić information content (AvgIpc) is 2.18. The Morgan fingerprint density at radius 1 is 0.632 bits per heavy atom. The van der Waals surface area contributed by atoms with Crippen LogP contribution in [-0.2, 0) is 31.7 Å². The molecule has 19 heavy (non-hydrogen) atoms. The van der Waals surface area contributed by atoms with Crippen LogP contribution in [0.4, 0.5) is 0 Å². The zero-order valence-electron chi connectivity index (χ0n) is 10.5. The molecule has 9 nitrogen and oxygen atoms in total. The van der Waals surface area contributed by atoms with Gasteiger partial charge in [0.05, 0.1) is 0 Å². The van der Waals surface area contributed by atoms with Crippen LogP contribution in [0.2, 0.25) is 0 Å². The van der Waals surface area contributed by atoms with E-state index in [1.165, 1.54) is 20.8 Å². The van der Waals surface area contributed by atoms with Crippen LogP contribution < -0.4 is 0 Å². The molecule has 0 aromatic carbocycles. The smallest absolute Gasteiger partial charge is 0.332 e. The van der Waals surface area contributed by atoms with E-state index in [0.717, 1.165) is 0 Å². The summed E-state index contributed by atoms with van der Waals surface area (Å²) in [5.74, 6) is -3.56. The van der Waals surface area contributed by atoms with E-state index in [1.807, 2.05) is 0 Å². The van der Waals surface area contributed by atoms with Crippen molar-refractivity contribution in [3.05, 3.63) is 0 Å². The molecule has 0 aromatic heterocycles. The number of carbonyl (C=O) groups is 3. The van der Waals surface area contributed by atoms with Gasteiger partial charge in [0, 0.05) is 17.4 Å². The van der Waals surface area contributed by atoms with Crippen molar-refractivity contribution in [2.24, 2.45) is 0 Å². The van der Waals surface area contributed by atoms with Gasteiger partial charge in [0.25, 0.3) is 0 Å². The zero-order chi connectivity index (χ0) is 15.5. The van der Waals surface area contributed by atoms with Gasteiger partial charge in [0.1, 0.15) is 18.3 Å².